The molecule has 1 aliphatic rings. The zero-order chi connectivity index (χ0) is 20.4. The highest BCUT2D eigenvalue weighted by Gasteiger charge is 2.23. The first-order chi connectivity index (χ1) is 14.0. The topological polar surface area (TPSA) is 86.6 Å². The summed E-state index contributed by atoms with van der Waals surface area (Å²) < 4.78 is 18.9. The third-order valence-electron chi connectivity index (χ3n) is 5.13. The number of H-pyrrole nitrogens is 1. The summed E-state index contributed by atoms with van der Waals surface area (Å²) in [4.78, 5) is 42.2. The number of carbonyl (C=O) groups is 2. The van der Waals surface area contributed by atoms with Crippen LogP contribution in [0.15, 0.2) is 51.7 Å². The summed E-state index contributed by atoms with van der Waals surface area (Å²) in [6.07, 6.45) is 0.181. The van der Waals surface area contributed by atoms with Crippen molar-refractivity contribution >= 4 is 28.5 Å². The van der Waals surface area contributed by atoms with Gasteiger partial charge in [-0.2, -0.15) is 0 Å². The molecule has 0 spiro atoms. The van der Waals surface area contributed by atoms with E-state index in [1.54, 1.807) is 35.2 Å². The molecule has 1 amide bonds. The van der Waals surface area contributed by atoms with Crippen LogP contribution < -0.4 is 10.7 Å². The molecule has 1 aromatic heterocycles. The quantitative estimate of drug-likeness (QED) is 0.669. The largest absolute Gasteiger partial charge is 0.417 e. The molecule has 0 saturated carbocycles. The van der Waals surface area contributed by atoms with Crippen LogP contribution in [-0.2, 0) is 4.79 Å². The van der Waals surface area contributed by atoms with Gasteiger partial charge in [-0.3, -0.25) is 14.6 Å². The van der Waals surface area contributed by atoms with E-state index in [1.165, 1.54) is 12.1 Å². The summed E-state index contributed by atoms with van der Waals surface area (Å²) in [7, 11) is 0. The van der Waals surface area contributed by atoms with Crippen LogP contribution in [-0.4, -0.2) is 47.8 Å². The molecule has 29 heavy (non-hydrogen) atoms. The Morgan fingerprint density at radius 3 is 2.55 bits per heavy atom. The minimum atomic E-state index is -0.575. The lowest BCUT2D eigenvalue weighted by Crippen LogP contribution is -2.49. The number of piperazine rings is 1. The third kappa shape index (κ3) is 4.06. The lowest BCUT2D eigenvalue weighted by molar-refractivity contribution is -0.131. The molecule has 1 fully saturated rings. The number of nitrogens with zero attached hydrogens (tertiary/aromatic N) is 2. The number of anilines is 1. The Morgan fingerprint density at radius 1 is 1.03 bits per heavy atom. The summed E-state index contributed by atoms with van der Waals surface area (Å²) >= 11 is 0. The van der Waals surface area contributed by atoms with Gasteiger partial charge in [-0.15, -0.1) is 0 Å². The van der Waals surface area contributed by atoms with Crippen molar-refractivity contribution in [3.05, 3.63) is 64.4 Å². The summed E-state index contributed by atoms with van der Waals surface area (Å²) in [5.74, 6) is -1.13. The van der Waals surface area contributed by atoms with Gasteiger partial charge >= 0.3 is 5.76 Å². The van der Waals surface area contributed by atoms with Crippen molar-refractivity contribution in [1.82, 2.24) is 9.88 Å². The predicted octanol–water partition coefficient (Wildman–Crippen LogP) is 2.57. The van der Waals surface area contributed by atoms with Gasteiger partial charge in [0, 0.05) is 44.6 Å². The molecule has 0 atom stereocenters. The van der Waals surface area contributed by atoms with Gasteiger partial charge < -0.3 is 14.2 Å². The molecule has 4 rings (SSSR count). The van der Waals surface area contributed by atoms with Gasteiger partial charge in [0.15, 0.2) is 11.4 Å². The zero-order valence-corrected chi connectivity index (χ0v) is 15.7. The maximum atomic E-state index is 13.9. The number of para-hydroxylation sites is 1. The van der Waals surface area contributed by atoms with Gasteiger partial charge in [-0.1, -0.05) is 12.1 Å². The number of carbonyl (C=O) groups excluding carboxylic acids is 2. The Morgan fingerprint density at radius 2 is 1.79 bits per heavy atom. The van der Waals surface area contributed by atoms with Crippen LogP contribution in [0.4, 0.5) is 10.1 Å². The molecule has 2 heterocycles. The van der Waals surface area contributed by atoms with Gasteiger partial charge in [0.2, 0.25) is 5.91 Å². The average molecular weight is 397 g/mol. The first-order valence-corrected chi connectivity index (χ1v) is 9.44. The van der Waals surface area contributed by atoms with Gasteiger partial charge in [0.1, 0.15) is 5.82 Å². The summed E-state index contributed by atoms with van der Waals surface area (Å²) in [6, 6.07) is 11.3. The fraction of sp³-hybridized carbons (Fsp3) is 0.286. The number of benzene rings is 2. The Kier molecular flexibility index (Phi) is 5.16. The molecule has 2 aromatic carbocycles. The Bertz CT molecular complexity index is 1110. The standard InChI is InChI=1S/C21H20FN3O4/c22-15-3-1-2-4-17(15)24-9-11-25(12-10-24)20(27)8-7-18(26)14-5-6-16-19(13-14)29-21(28)23-16/h1-6,13H,7-12H2,(H,23,28). The first kappa shape index (κ1) is 18.9. The number of hydrogen-bond acceptors (Lipinski definition) is 5. The normalized spacial score (nSPS) is 14.4. The van der Waals surface area contributed by atoms with Gasteiger partial charge in [-0.05, 0) is 30.3 Å². The van der Waals surface area contributed by atoms with Crippen molar-refractivity contribution < 1.29 is 18.4 Å². The van der Waals surface area contributed by atoms with Crippen LogP contribution >= 0.6 is 0 Å². The second-order valence-corrected chi connectivity index (χ2v) is 6.97. The molecule has 1 saturated heterocycles. The summed E-state index contributed by atoms with van der Waals surface area (Å²) in [5, 5.41) is 0. The number of aromatic amines is 1. The van der Waals surface area contributed by atoms with Crippen LogP contribution in [0.1, 0.15) is 23.2 Å². The van der Waals surface area contributed by atoms with Crippen molar-refractivity contribution in [2.75, 3.05) is 31.1 Å². The number of nitrogens with one attached hydrogen (secondary N) is 1. The third-order valence-corrected chi connectivity index (χ3v) is 5.13. The molecule has 8 heteroatoms. The fourth-order valence-electron chi connectivity index (χ4n) is 3.55. The van der Waals surface area contributed by atoms with Crippen LogP contribution in [0.2, 0.25) is 0 Å². The lowest BCUT2D eigenvalue weighted by Gasteiger charge is -2.36. The average Bonchev–Trinajstić information content (AvgIpc) is 3.11. The van der Waals surface area contributed by atoms with Crippen molar-refractivity contribution in [1.29, 1.82) is 0 Å². The van der Waals surface area contributed by atoms with Crippen molar-refractivity contribution in [2.45, 2.75) is 12.8 Å². The smallest absolute Gasteiger partial charge is 0.408 e. The van der Waals surface area contributed by atoms with E-state index in [2.05, 4.69) is 4.98 Å². The number of halogens is 1. The molecule has 0 unspecified atom stereocenters. The zero-order valence-electron chi connectivity index (χ0n) is 15.7. The monoisotopic (exact) mass is 397 g/mol. The Balaban J connectivity index is 1.31. The maximum absolute atomic E-state index is 13.9. The summed E-state index contributed by atoms with van der Waals surface area (Å²) in [5.41, 5.74) is 1.78. The van der Waals surface area contributed by atoms with E-state index in [4.69, 9.17) is 4.42 Å². The number of Topliss-reactive ketones (excluding diaryl/α,β-unsaturated/α-hetero) is 1. The van der Waals surface area contributed by atoms with Crippen LogP contribution in [0.3, 0.4) is 0 Å². The molecule has 1 N–H and O–H groups in total. The number of amides is 1. The van der Waals surface area contributed by atoms with Crippen molar-refractivity contribution in [3.63, 3.8) is 0 Å². The van der Waals surface area contributed by atoms with E-state index in [0.29, 0.717) is 48.5 Å². The van der Waals surface area contributed by atoms with E-state index in [1.807, 2.05) is 4.90 Å². The van der Waals surface area contributed by atoms with E-state index in [-0.39, 0.29) is 30.3 Å². The molecule has 0 aliphatic carbocycles. The van der Waals surface area contributed by atoms with Crippen molar-refractivity contribution in [3.8, 4) is 0 Å². The van der Waals surface area contributed by atoms with Crippen molar-refractivity contribution in [2.24, 2.45) is 0 Å². The Hall–Kier alpha value is -3.42. The maximum Gasteiger partial charge on any atom is 0.417 e. The molecular weight excluding hydrogens is 377 g/mol. The first-order valence-electron chi connectivity index (χ1n) is 9.44. The van der Waals surface area contributed by atoms with E-state index in [0.717, 1.165) is 0 Å². The Labute approximate surface area is 165 Å². The molecule has 0 radical (unpaired) electrons. The van der Waals surface area contributed by atoms with E-state index >= 15 is 0 Å². The molecule has 7 nitrogen and oxygen atoms in total. The fourth-order valence-corrected chi connectivity index (χ4v) is 3.55. The minimum absolute atomic E-state index is 0.0759. The SMILES string of the molecule is O=C(CCC(=O)N1CCN(c2ccccc2F)CC1)c1ccc2[nH]c(=O)oc2c1. The summed E-state index contributed by atoms with van der Waals surface area (Å²) in [6.45, 7) is 2.07. The number of aromatic nitrogens is 1. The number of ketones is 1. The van der Waals surface area contributed by atoms with Gasteiger partial charge in [-0.25, -0.2) is 9.18 Å². The number of hydrogen-bond donors (Lipinski definition) is 1. The molecule has 150 valence electrons. The van der Waals surface area contributed by atoms with Crippen LogP contribution in [0, 0.1) is 5.82 Å². The van der Waals surface area contributed by atoms with Crippen LogP contribution in [0.5, 0.6) is 0 Å². The second kappa shape index (κ2) is 7.90. The van der Waals surface area contributed by atoms with Crippen LogP contribution in [0.25, 0.3) is 11.1 Å². The van der Waals surface area contributed by atoms with E-state index in [9.17, 15) is 18.8 Å². The molecule has 1 aliphatic heterocycles. The highest BCUT2D eigenvalue weighted by atomic mass is 19.1. The lowest BCUT2D eigenvalue weighted by atomic mass is 10.1. The molecule has 0 bridgehead atoms. The van der Waals surface area contributed by atoms with Gasteiger partial charge in [0.25, 0.3) is 0 Å². The highest BCUT2D eigenvalue weighted by Crippen LogP contribution is 2.21. The number of fused-ring (bicyclic) bond motifs is 1. The minimum Gasteiger partial charge on any atom is -0.408 e. The predicted molar refractivity (Wildman–Crippen MR) is 106 cm³/mol. The number of oxazole rings is 1. The molecular formula is C21H20FN3O4. The second-order valence-electron chi connectivity index (χ2n) is 6.97. The van der Waals surface area contributed by atoms with Gasteiger partial charge in [0.05, 0.1) is 11.2 Å². The van der Waals surface area contributed by atoms with E-state index < -0.39 is 5.76 Å². The molecule has 3 aromatic rings. The number of rotatable bonds is 5. The highest BCUT2D eigenvalue weighted by molar-refractivity contribution is 6.00.